The van der Waals surface area contributed by atoms with Crippen LogP contribution in [0.5, 0.6) is 0 Å². The van der Waals surface area contributed by atoms with Crippen molar-refractivity contribution in [3.8, 4) is 0 Å². The number of carbonyl (C=O) groups excluding carboxylic acids is 1. The predicted molar refractivity (Wildman–Crippen MR) is 75.6 cm³/mol. The molecule has 96 valence electrons. The molecular weight excluding hydrogens is 234 g/mol. The highest BCUT2D eigenvalue weighted by atomic mass is 16.1. The third-order valence-corrected chi connectivity index (χ3v) is 4.00. The number of aldehydes is 1. The van der Waals surface area contributed by atoms with Gasteiger partial charge in [0.1, 0.15) is 6.29 Å². The molecule has 0 amide bonds. The number of nitrogens with zero attached hydrogens (tertiary/aromatic N) is 1. The van der Waals surface area contributed by atoms with Gasteiger partial charge >= 0.3 is 0 Å². The molecule has 0 spiro atoms. The molecule has 2 heteroatoms. The van der Waals surface area contributed by atoms with Gasteiger partial charge in [0.2, 0.25) is 0 Å². The van der Waals surface area contributed by atoms with E-state index < -0.39 is 0 Å². The number of benzene rings is 1. The minimum Gasteiger partial charge on any atom is -0.298 e. The fourth-order valence-corrected chi connectivity index (χ4v) is 3.08. The van der Waals surface area contributed by atoms with E-state index in [2.05, 4.69) is 24.0 Å². The number of fused-ring (bicyclic) bond motifs is 1. The lowest BCUT2D eigenvalue weighted by Gasteiger charge is -2.26. The van der Waals surface area contributed by atoms with Gasteiger partial charge in [0, 0.05) is 17.7 Å². The Balaban J connectivity index is 2.06. The lowest BCUT2D eigenvalue weighted by molar-refractivity contribution is 0.112. The Hall–Kier alpha value is -1.96. The van der Waals surface area contributed by atoms with Gasteiger partial charge in [-0.1, -0.05) is 18.2 Å². The number of carbonyl (C=O) groups is 1. The molecule has 1 aromatic heterocycles. The SMILES string of the molecule is Cc1cc(C=O)ccc1C1CCCc2cccnc21. The average Bonchev–Trinajstić information content (AvgIpc) is 2.46. The molecule has 19 heavy (non-hydrogen) atoms. The van der Waals surface area contributed by atoms with Crippen LogP contribution in [-0.2, 0) is 6.42 Å². The largest absolute Gasteiger partial charge is 0.298 e. The van der Waals surface area contributed by atoms with Crippen molar-refractivity contribution in [2.75, 3.05) is 0 Å². The lowest BCUT2D eigenvalue weighted by atomic mass is 9.80. The summed E-state index contributed by atoms with van der Waals surface area (Å²) in [6.07, 6.45) is 6.27. The molecule has 2 aromatic rings. The Bertz CT molecular complexity index is 618. The molecule has 0 aliphatic heterocycles. The summed E-state index contributed by atoms with van der Waals surface area (Å²) in [5.41, 5.74) is 5.84. The summed E-state index contributed by atoms with van der Waals surface area (Å²) in [7, 11) is 0. The summed E-state index contributed by atoms with van der Waals surface area (Å²) in [5.74, 6) is 0.380. The molecular formula is C17H17NO. The van der Waals surface area contributed by atoms with Crippen molar-refractivity contribution in [3.05, 3.63) is 64.5 Å². The molecule has 1 unspecified atom stereocenters. The van der Waals surface area contributed by atoms with Crippen LogP contribution in [0.15, 0.2) is 36.5 Å². The van der Waals surface area contributed by atoms with Crippen molar-refractivity contribution in [1.82, 2.24) is 4.98 Å². The van der Waals surface area contributed by atoms with Crippen LogP contribution < -0.4 is 0 Å². The van der Waals surface area contributed by atoms with E-state index >= 15 is 0 Å². The van der Waals surface area contributed by atoms with Crippen LogP contribution in [0.2, 0.25) is 0 Å². The van der Waals surface area contributed by atoms with Gasteiger partial charge in [0.25, 0.3) is 0 Å². The zero-order chi connectivity index (χ0) is 13.2. The van der Waals surface area contributed by atoms with Crippen LogP contribution in [-0.4, -0.2) is 11.3 Å². The minimum absolute atomic E-state index is 0.380. The normalized spacial score (nSPS) is 17.8. The van der Waals surface area contributed by atoms with Gasteiger partial charge in [0.05, 0.1) is 5.69 Å². The van der Waals surface area contributed by atoms with Crippen molar-refractivity contribution < 1.29 is 4.79 Å². The Kier molecular flexibility index (Phi) is 3.16. The van der Waals surface area contributed by atoms with Crippen molar-refractivity contribution in [3.63, 3.8) is 0 Å². The standard InChI is InChI=1S/C17H17NO/c1-12-10-13(11-19)7-8-15(12)16-6-2-4-14-5-3-9-18-17(14)16/h3,5,7-11,16H,2,4,6H2,1H3. The van der Waals surface area contributed by atoms with Crippen molar-refractivity contribution >= 4 is 6.29 Å². The molecule has 1 atom stereocenters. The van der Waals surface area contributed by atoms with Crippen molar-refractivity contribution in [2.45, 2.75) is 32.1 Å². The molecule has 1 aliphatic carbocycles. The molecule has 3 rings (SSSR count). The second kappa shape index (κ2) is 4.96. The summed E-state index contributed by atoms with van der Waals surface area (Å²) in [5, 5.41) is 0. The molecule has 2 nitrogen and oxygen atoms in total. The Morgan fingerprint density at radius 2 is 2.21 bits per heavy atom. The number of hydrogen-bond donors (Lipinski definition) is 0. The highest BCUT2D eigenvalue weighted by Crippen LogP contribution is 2.36. The molecule has 1 aromatic carbocycles. The molecule has 0 fully saturated rings. The smallest absolute Gasteiger partial charge is 0.150 e. The highest BCUT2D eigenvalue weighted by Gasteiger charge is 2.23. The minimum atomic E-state index is 0.380. The maximum atomic E-state index is 10.8. The summed E-state index contributed by atoms with van der Waals surface area (Å²) in [4.78, 5) is 15.4. The Morgan fingerprint density at radius 3 is 3.00 bits per heavy atom. The monoisotopic (exact) mass is 251 g/mol. The van der Waals surface area contributed by atoms with Crippen LogP contribution in [0.25, 0.3) is 0 Å². The fourth-order valence-electron chi connectivity index (χ4n) is 3.08. The molecule has 0 saturated heterocycles. The maximum Gasteiger partial charge on any atom is 0.150 e. The van der Waals surface area contributed by atoms with E-state index in [1.54, 1.807) is 0 Å². The van der Waals surface area contributed by atoms with E-state index in [-0.39, 0.29) is 0 Å². The van der Waals surface area contributed by atoms with Gasteiger partial charge in [0.15, 0.2) is 0 Å². The number of rotatable bonds is 2. The maximum absolute atomic E-state index is 10.8. The van der Waals surface area contributed by atoms with E-state index in [1.165, 1.54) is 28.8 Å². The summed E-state index contributed by atoms with van der Waals surface area (Å²) in [6, 6.07) is 10.2. The van der Waals surface area contributed by atoms with Crippen molar-refractivity contribution in [1.29, 1.82) is 0 Å². The van der Waals surface area contributed by atoms with Gasteiger partial charge in [-0.25, -0.2) is 0 Å². The first-order valence-electron chi connectivity index (χ1n) is 6.79. The zero-order valence-electron chi connectivity index (χ0n) is 11.1. The summed E-state index contributed by atoms with van der Waals surface area (Å²) < 4.78 is 0. The van der Waals surface area contributed by atoms with Crippen LogP contribution in [0.3, 0.4) is 0 Å². The van der Waals surface area contributed by atoms with Gasteiger partial charge in [-0.15, -0.1) is 0 Å². The van der Waals surface area contributed by atoms with Crippen LogP contribution >= 0.6 is 0 Å². The van der Waals surface area contributed by atoms with Gasteiger partial charge in [-0.3, -0.25) is 9.78 Å². The Labute approximate surface area is 113 Å². The molecule has 0 bridgehead atoms. The first-order valence-corrected chi connectivity index (χ1v) is 6.79. The molecule has 0 saturated carbocycles. The van der Waals surface area contributed by atoms with E-state index in [1.807, 2.05) is 24.4 Å². The third kappa shape index (κ3) is 2.19. The average molecular weight is 251 g/mol. The molecule has 0 N–H and O–H groups in total. The number of hydrogen-bond acceptors (Lipinski definition) is 2. The number of pyridine rings is 1. The van der Waals surface area contributed by atoms with Crippen LogP contribution in [0, 0.1) is 6.92 Å². The second-order valence-electron chi connectivity index (χ2n) is 5.23. The number of aryl methyl sites for hydroxylation is 2. The number of aromatic nitrogens is 1. The highest BCUT2D eigenvalue weighted by molar-refractivity contribution is 5.75. The summed E-state index contributed by atoms with van der Waals surface area (Å²) >= 11 is 0. The molecule has 1 heterocycles. The molecule has 1 aliphatic rings. The van der Waals surface area contributed by atoms with E-state index in [9.17, 15) is 4.79 Å². The van der Waals surface area contributed by atoms with Crippen LogP contribution in [0.4, 0.5) is 0 Å². The first-order chi connectivity index (χ1) is 9.29. The quantitative estimate of drug-likeness (QED) is 0.762. The summed E-state index contributed by atoms with van der Waals surface area (Å²) in [6.45, 7) is 2.08. The predicted octanol–water partition coefficient (Wildman–Crippen LogP) is 3.67. The zero-order valence-corrected chi connectivity index (χ0v) is 11.1. The topological polar surface area (TPSA) is 30.0 Å². The van der Waals surface area contributed by atoms with Gasteiger partial charge in [-0.05, 0) is 55.0 Å². The van der Waals surface area contributed by atoms with Gasteiger partial charge < -0.3 is 0 Å². The fraction of sp³-hybridized carbons (Fsp3) is 0.294. The third-order valence-electron chi connectivity index (χ3n) is 4.00. The van der Waals surface area contributed by atoms with Gasteiger partial charge in [-0.2, -0.15) is 0 Å². The first kappa shape index (κ1) is 12.1. The second-order valence-corrected chi connectivity index (χ2v) is 5.23. The lowest BCUT2D eigenvalue weighted by Crippen LogP contribution is -2.14. The van der Waals surface area contributed by atoms with Crippen molar-refractivity contribution in [2.24, 2.45) is 0 Å². The van der Waals surface area contributed by atoms with E-state index in [0.29, 0.717) is 5.92 Å². The Morgan fingerprint density at radius 1 is 1.32 bits per heavy atom. The van der Waals surface area contributed by atoms with Crippen LogP contribution in [0.1, 0.15) is 51.5 Å². The molecule has 0 radical (unpaired) electrons. The van der Waals surface area contributed by atoms with E-state index in [4.69, 9.17) is 0 Å². The van der Waals surface area contributed by atoms with E-state index in [0.717, 1.165) is 24.7 Å².